The summed E-state index contributed by atoms with van der Waals surface area (Å²) in [7, 11) is 0. The number of ketones is 1. The maximum absolute atomic E-state index is 14.8. The highest BCUT2D eigenvalue weighted by molar-refractivity contribution is 6.02. The molecule has 1 heterocycles. The van der Waals surface area contributed by atoms with Gasteiger partial charge in [0.15, 0.2) is 5.78 Å². The molecule has 8 N–H and O–H groups in total. The van der Waals surface area contributed by atoms with Gasteiger partial charge in [0.1, 0.15) is 57.8 Å². The molecular weight excluding hydrogens is 640 g/mol. The van der Waals surface area contributed by atoms with E-state index < -0.39 is 35.4 Å². The number of ether oxygens (including phenoxy) is 1. The highest BCUT2D eigenvalue weighted by Crippen LogP contribution is 2.54. The summed E-state index contributed by atoms with van der Waals surface area (Å²) in [6.45, 7) is 5.59. The van der Waals surface area contributed by atoms with Crippen molar-refractivity contribution in [3.8, 4) is 51.7 Å². The van der Waals surface area contributed by atoms with Crippen molar-refractivity contribution in [1.82, 2.24) is 0 Å². The maximum Gasteiger partial charge on any atom is 0.171 e. The largest absolute Gasteiger partial charge is 0.508 e. The van der Waals surface area contributed by atoms with Crippen LogP contribution in [-0.4, -0.2) is 46.6 Å². The van der Waals surface area contributed by atoms with Crippen LogP contribution in [0.5, 0.6) is 51.7 Å². The van der Waals surface area contributed by atoms with Gasteiger partial charge in [0.2, 0.25) is 0 Å². The zero-order valence-electron chi connectivity index (χ0n) is 27.9. The lowest BCUT2D eigenvalue weighted by Crippen LogP contribution is -2.32. The van der Waals surface area contributed by atoms with Crippen molar-refractivity contribution in [3.05, 3.63) is 111 Å². The Morgan fingerprint density at radius 3 is 2.20 bits per heavy atom. The van der Waals surface area contributed by atoms with Crippen molar-refractivity contribution in [2.24, 2.45) is 5.92 Å². The van der Waals surface area contributed by atoms with E-state index in [-0.39, 0.29) is 69.1 Å². The molecule has 0 radical (unpaired) electrons. The Bertz CT molecular complexity index is 2040. The first-order valence-corrected chi connectivity index (χ1v) is 16.4. The van der Waals surface area contributed by atoms with E-state index in [1.54, 1.807) is 6.08 Å². The molecule has 2 aliphatic rings. The van der Waals surface area contributed by atoms with Gasteiger partial charge in [-0.15, -0.1) is 0 Å². The molecule has 260 valence electrons. The number of carbonyl (C=O) groups is 1. The van der Waals surface area contributed by atoms with Gasteiger partial charge >= 0.3 is 0 Å². The van der Waals surface area contributed by atoms with Crippen LogP contribution in [0.1, 0.15) is 89.7 Å². The molecule has 4 aromatic carbocycles. The van der Waals surface area contributed by atoms with E-state index in [1.165, 1.54) is 54.6 Å². The summed E-state index contributed by atoms with van der Waals surface area (Å²) in [5.41, 5.74) is 3.17. The lowest BCUT2D eigenvalue weighted by atomic mass is 9.65. The van der Waals surface area contributed by atoms with Gasteiger partial charge in [-0.25, -0.2) is 0 Å². The number of aromatic hydroxyl groups is 8. The quantitative estimate of drug-likeness (QED) is 0.0712. The molecule has 1 aliphatic carbocycles. The van der Waals surface area contributed by atoms with Crippen LogP contribution >= 0.6 is 0 Å². The van der Waals surface area contributed by atoms with Crippen LogP contribution in [0.25, 0.3) is 0 Å². The number of Topliss-reactive ketones (excluding diaryl/α,β-unsaturated/α-hetero) is 1. The summed E-state index contributed by atoms with van der Waals surface area (Å²) in [4.78, 5) is 14.8. The highest BCUT2D eigenvalue weighted by Gasteiger charge is 2.43. The van der Waals surface area contributed by atoms with Crippen molar-refractivity contribution in [1.29, 1.82) is 0 Å². The fraction of sp³-hybridized carbons (Fsp3) is 0.275. The number of phenolic OH excluding ortho intramolecular Hbond substituents is 8. The van der Waals surface area contributed by atoms with Gasteiger partial charge in [0, 0.05) is 52.3 Å². The molecule has 4 aromatic rings. The number of rotatable bonds is 7. The molecule has 50 heavy (non-hydrogen) atoms. The average molecular weight is 681 g/mol. The van der Waals surface area contributed by atoms with Crippen LogP contribution in [0.2, 0.25) is 0 Å². The third kappa shape index (κ3) is 6.36. The Labute approximate surface area is 289 Å². The summed E-state index contributed by atoms with van der Waals surface area (Å²) >= 11 is 0. The number of phenols is 8. The number of allylic oxidation sites excluding steroid dienone is 4. The number of carbonyl (C=O) groups excluding carboxylic acids is 1. The molecule has 0 bridgehead atoms. The molecule has 0 amide bonds. The molecule has 10 nitrogen and oxygen atoms in total. The Kier molecular flexibility index (Phi) is 9.05. The molecule has 0 saturated carbocycles. The lowest BCUT2D eigenvalue weighted by Gasteiger charge is -2.38. The monoisotopic (exact) mass is 680 g/mol. The zero-order valence-corrected chi connectivity index (χ0v) is 27.9. The molecule has 0 saturated heterocycles. The second-order valence-electron chi connectivity index (χ2n) is 13.5. The normalized spacial score (nSPS) is 19.9. The predicted octanol–water partition coefficient (Wildman–Crippen LogP) is 7.62. The molecular formula is C40H40O10. The number of fused-ring (bicyclic) bond motifs is 1. The number of hydrogen-bond acceptors (Lipinski definition) is 10. The Morgan fingerprint density at radius 2 is 1.50 bits per heavy atom. The zero-order chi connectivity index (χ0) is 36.0. The topological polar surface area (TPSA) is 188 Å². The lowest BCUT2D eigenvalue weighted by molar-refractivity contribution is 0.0876. The minimum Gasteiger partial charge on any atom is -0.508 e. The van der Waals surface area contributed by atoms with E-state index in [0.717, 1.165) is 11.1 Å². The first kappa shape index (κ1) is 34.1. The van der Waals surface area contributed by atoms with Gasteiger partial charge in [0.25, 0.3) is 0 Å². The Hall–Kier alpha value is -5.77. The molecule has 1 aliphatic heterocycles. The average Bonchev–Trinajstić information content (AvgIpc) is 3.03. The second kappa shape index (κ2) is 13.3. The van der Waals surface area contributed by atoms with Gasteiger partial charge in [-0.1, -0.05) is 23.3 Å². The molecule has 0 fully saturated rings. The molecule has 4 atom stereocenters. The first-order valence-electron chi connectivity index (χ1n) is 16.4. The van der Waals surface area contributed by atoms with Crippen molar-refractivity contribution < 1.29 is 50.4 Å². The van der Waals surface area contributed by atoms with Gasteiger partial charge < -0.3 is 45.6 Å². The molecule has 4 unspecified atom stereocenters. The van der Waals surface area contributed by atoms with Crippen molar-refractivity contribution >= 4 is 5.78 Å². The van der Waals surface area contributed by atoms with Gasteiger partial charge in [-0.2, -0.15) is 0 Å². The van der Waals surface area contributed by atoms with Crippen molar-refractivity contribution in [2.45, 2.75) is 64.4 Å². The molecule has 0 spiro atoms. The van der Waals surface area contributed by atoms with Gasteiger partial charge in [-0.05, 0) is 94.3 Å². The van der Waals surface area contributed by atoms with Crippen LogP contribution in [0, 0.1) is 5.92 Å². The smallest absolute Gasteiger partial charge is 0.171 e. The predicted molar refractivity (Wildman–Crippen MR) is 186 cm³/mol. The minimum atomic E-state index is -1.08. The van der Waals surface area contributed by atoms with Crippen molar-refractivity contribution in [2.75, 3.05) is 0 Å². The van der Waals surface area contributed by atoms with E-state index in [4.69, 9.17) is 4.74 Å². The van der Waals surface area contributed by atoms with Crippen LogP contribution in [0.15, 0.2) is 77.9 Å². The molecule has 0 aromatic heterocycles. The maximum atomic E-state index is 14.8. The van der Waals surface area contributed by atoms with Crippen LogP contribution < -0.4 is 4.74 Å². The first-order chi connectivity index (χ1) is 23.7. The van der Waals surface area contributed by atoms with E-state index in [0.29, 0.717) is 36.0 Å². The summed E-state index contributed by atoms with van der Waals surface area (Å²) < 4.78 is 6.14. The summed E-state index contributed by atoms with van der Waals surface area (Å²) in [5.74, 6) is -4.94. The van der Waals surface area contributed by atoms with Crippen molar-refractivity contribution in [3.63, 3.8) is 0 Å². The second-order valence-corrected chi connectivity index (χ2v) is 13.5. The number of hydrogen-bond donors (Lipinski definition) is 8. The van der Waals surface area contributed by atoms with E-state index in [9.17, 15) is 45.6 Å². The Balaban J connectivity index is 1.51. The summed E-state index contributed by atoms with van der Waals surface area (Å²) in [6, 6.07) is 12.3. The van der Waals surface area contributed by atoms with Gasteiger partial charge in [0.05, 0.1) is 5.56 Å². The molecule has 6 rings (SSSR count). The highest BCUT2D eigenvalue weighted by atomic mass is 16.5. The van der Waals surface area contributed by atoms with E-state index in [1.807, 2.05) is 26.8 Å². The standard InChI is InChI=1S/C40H40O10/c1-19(2)4-5-26-31(44)9-7-28(38(26)47)40(49)36-29(21-14-22(41)16-23(42)15-21)12-20(3)13-30(36)37-32(45)10-6-27(39(37)48)34-11-8-25-33(46)17-24(43)18-35(25)50-34/h4,6-7,9-10,13-18,29-30,34,36,41-48H,5,8,11-12H2,1-3H3. The SMILES string of the molecule is CC(C)=CCc1c(O)ccc(C(=O)C2C(c3c(O)ccc(C4CCc5c(O)cc(O)cc5O4)c3O)C=C(C)CC2c2cc(O)cc(O)c2)c1O. The summed E-state index contributed by atoms with van der Waals surface area (Å²) in [6.07, 6.45) is 4.08. The fourth-order valence-corrected chi connectivity index (χ4v) is 7.36. The van der Waals surface area contributed by atoms with E-state index in [2.05, 4.69) is 0 Å². The van der Waals surface area contributed by atoms with Crippen LogP contribution in [-0.2, 0) is 12.8 Å². The van der Waals surface area contributed by atoms with Crippen LogP contribution in [0.4, 0.5) is 0 Å². The summed E-state index contributed by atoms with van der Waals surface area (Å²) in [5, 5.41) is 86.7. The number of benzene rings is 4. The third-order valence-corrected chi connectivity index (χ3v) is 9.72. The Morgan fingerprint density at radius 1 is 0.820 bits per heavy atom. The third-order valence-electron chi connectivity index (χ3n) is 9.72. The minimum absolute atomic E-state index is 0.0467. The van der Waals surface area contributed by atoms with Gasteiger partial charge in [-0.3, -0.25) is 4.79 Å². The molecule has 10 heteroatoms. The fourth-order valence-electron chi connectivity index (χ4n) is 7.36. The van der Waals surface area contributed by atoms with Crippen LogP contribution in [0.3, 0.4) is 0 Å². The van der Waals surface area contributed by atoms with E-state index >= 15 is 0 Å².